The van der Waals surface area contributed by atoms with E-state index in [4.69, 9.17) is 5.73 Å². The number of rotatable bonds is 5. The zero-order valence-electron chi connectivity index (χ0n) is 12.0. The molecule has 1 aromatic rings. The Morgan fingerprint density at radius 1 is 1.37 bits per heavy atom. The van der Waals surface area contributed by atoms with Gasteiger partial charge in [0.1, 0.15) is 6.04 Å². The van der Waals surface area contributed by atoms with Crippen molar-refractivity contribution in [1.82, 2.24) is 0 Å². The van der Waals surface area contributed by atoms with Gasteiger partial charge in [0, 0.05) is 31.4 Å². The summed E-state index contributed by atoms with van der Waals surface area (Å²) in [5.41, 5.74) is 8.97. The molecule has 2 rings (SSSR count). The van der Waals surface area contributed by atoms with Crippen LogP contribution in [0.3, 0.4) is 0 Å². The highest BCUT2D eigenvalue weighted by Gasteiger charge is 2.32. The standard InChI is InChI=1S/C15H23N3O/c1-4-6-9-18(5-2)11-7-8-12-13(10-11)17(3)15(19)14(12)16/h7-8,10,14H,4-6,9,16H2,1-3H3. The molecule has 1 aromatic carbocycles. The molecule has 104 valence electrons. The Kier molecular flexibility index (Phi) is 4.10. The van der Waals surface area contributed by atoms with Gasteiger partial charge in [0.2, 0.25) is 5.91 Å². The second kappa shape index (κ2) is 5.61. The van der Waals surface area contributed by atoms with Crippen LogP contribution in [0.1, 0.15) is 38.3 Å². The van der Waals surface area contributed by atoms with Gasteiger partial charge in [-0.3, -0.25) is 4.79 Å². The number of benzene rings is 1. The number of anilines is 2. The first-order chi connectivity index (χ1) is 9.10. The molecule has 1 aliphatic rings. The van der Waals surface area contributed by atoms with E-state index in [2.05, 4.69) is 30.9 Å². The van der Waals surface area contributed by atoms with Gasteiger partial charge in [0.15, 0.2) is 0 Å². The van der Waals surface area contributed by atoms with E-state index in [1.54, 1.807) is 11.9 Å². The van der Waals surface area contributed by atoms with Crippen molar-refractivity contribution in [2.45, 2.75) is 32.7 Å². The number of likely N-dealkylation sites (N-methyl/N-ethyl adjacent to an activating group) is 1. The number of nitrogens with zero attached hydrogens (tertiary/aromatic N) is 2. The number of unbranched alkanes of at least 4 members (excludes halogenated alkanes) is 1. The fraction of sp³-hybridized carbons (Fsp3) is 0.533. The zero-order chi connectivity index (χ0) is 14.0. The summed E-state index contributed by atoms with van der Waals surface area (Å²) in [4.78, 5) is 15.9. The quantitative estimate of drug-likeness (QED) is 0.884. The monoisotopic (exact) mass is 261 g/mol. The molecule has 0 aliphatic carbocycles. The molecule has 4 heteroatoms. The van der Waals surface area contributed by atoms with Crippen LogP contribution in [0.15, 0.2) is 18.2 Å². The average molecular weight is 261 g/mol. The van der Waals surface area contributed by atoms with Gasteiger partial charge in [-0.05, 0) is 25.5 Å². The molecule has 1 atom stereocenters. The first-order valence-electron chi connectivity index (χ1n) is 7.02. The third kappa shape index (κ3) is 2.45. The molecule has 2 N–H and O–H groups in total. The molecule has 19 heavy (non-hydrogen) atoms. The smallest absolute Gasteiger partial charge is 0.248 e. The fourth-order valence-corrected chi connectivity index (χ4v) is 2.56. The van der Waals surface area contributed by atoms with Gasteiger partial charge in [0.05, 0.1) is 5.69 Å². The lowest BCUT2D eigenvalue weighted by Gasteiger charge is -2.24. The molecule has 0 radical (unpaired) electrons. The Morgan fingerprint density at radius 3 is 2.74 bits per heavy atom. The van der Waals surface area contributed by atoms with Crippen molar-refractivity contribution >= 4 is 17.3 Å². The predicted octanol–water partition coefficient (Wildman–Crippen LogP) is 2.29. The van der Waals surface area contributed by atoms with Crippen molar-refractivity contribution in [2.24, 2.45) is 5.73 Å². The largest absolute Gasteiger partial charge is 0.372 e. The molecule has 0 fully saturated rings. The minimum atomic E-state index is -0.500. The van der Waals surface area contributed by atoms with Gasteiger partial charge >= 0.3 is 0 Å². The Morgan fingerprint density at radius 2 is 2.11 bits per heavy atom. The molecular formula is C15H23N3O. The van der Waals surface area contributed by atoms with E-state index < -0.39 is 6.04 Å². The summed E-state index contributed by atoms with van der Waals surface area (Å²) in [7, 11) is 1.79. The van der Waals surface area contributed by atoms with Crippen LogP contribution in [-0.2, 0) is 4.79 Å². The van der Waals surface area contributed by atoms with Gasteiger partial charge in [0.25, 0.3) is 0 Å². The molecule has 0 spiro atoms. The third-order valence-electron chi connectivity index (χ3n) is 3.84. The molecule has 1 heterocycles. The third-order valence-corrected chi connectivity index (χ3v) is 3.84. The van der Waals surface area contributed by atoms with Gasteiger partial charge in [-0.2, -0.15) is 0 Å². The lowest BCUT2D eigenvalue weighted by Crippen LogP contribution is -2.28. The van der Waals surface area contributed by atoms with Crippen LogP contribution in [0.5, 0.6) is 0 Å². The molecule has 0 saturated heterocycles. The van der Waals surface area contributed by atoms with Gasteiger partial charge in [-0.1, -0.05) is 19.4 Å². The maximum absolute atomic E-state index is 11.9. The molecule has 1 amide bonds. The minimum Gasteiger partial charge on any atom is -0.372 e. The van der Waals surface area contributed by atoms with Crippen LogP contribution in [0.25, 0.3) is 0 Å². The van der Waals surface area contributed by atoms with Crippen molar-refractivity contribution in [3.8, 4) is 0 Å². The summed E-state index contributed by atoms with van der Waals surface area (Å²) < 4.78 is 0. The Hall–Kier alpha value is -1.55. The van der Waals surface area contributed by atoms with Crippen molar-refractivity contribution in [3.63, 3.8) is 0 Å². The number of hydrogen-bond donors (Lipinski definition) is 1. The van der Waals surface area contributed by atoms with Crippen molar-refractivity contribution in [1.29, 1.82) is 0 Å². The summed E-state index contributed by atoms with van der Waals surface area (Å²) in [6.45, 7) is 6.38. The number of carbonyl (C=O) groups excluding carboxylic acids is 1. The van der Waals surface area contributed by atoms with Crippen LogP contribution >= 0.6 is 0 Å². The number of nitrogens with two attached hydrogens (primary N) is 1. The van der Waals surface area contributed by atoms with E-state index in [9.17, 15) is 4.79 Å². The first kappa shape index (κ1) is 13.9. The Balaban J connectivity index is 2.29. The zero-order valence-corrected chi connectivity index (χ0v) is 12.0. The summed E-state index contributed by atoms with van der Waals surface area (Å²) in [5, 5.41) is 0. The fourth-order valence-electron chi connectivity index (χ4n) is 2.56. The molecule has 4 nitrogen and oxygen atoms in total. The van der Waals surface area contributed by atoms with Gasteiger partial charge < -0.3 is 15.5 Å². The van der Waals surface area contributed by atoms with E-state index in [-0.39, 0.29) is 5.91 Å². The molecule has 0 saturated carbocycles. The van der Waals surface area contributed by atoms with Crippen LogP contribution in [-0.4, -0.2) is 26.0 Å². The summed E-state index contributed by atoms with van der Waals surface area (Å²) in [6.07, 6.45) is 2.36. The predicted molar refractivity (Wildman–Crippen MR) is 79.6 cm³/mol. The maximum atomic E-state index is 11.9. The van der Waals surface area contributed by atoms with Gasteiger partial charge in [-0.15, -0.1) is 0 Å². The second-order valence-corrected chi connectivity index (χ2v) is 5.05. The lowest BCUT2D eigenvalue weighted by atomic mass is 10.1. The normalized spacial score (nSPS) is 17.8. The summed E-state index contributed by atoms with van der Waals surface area (Å²) in [6, 6.07) is 5.65. The van der Waals surface area contributed by atoms with Crippen molar-refractivity contribution in [3.05, 3.63) is 23.8 Å². The van der Waals surface area contributed by atoms with E-state index in [0.717, 1.165) is 24.3 Å². The van der Waals surface area contributed by atoms with Gasteiger partial charge in [-0.25, -0.2) is 0 Å². The molecule has 1 unspecified atom stereocenters. The molecule has 0 bridgehead atoms. The maximum Gasteiger partial charge on any atom is 0.248 e. The van der Waals surface area contributed by atoms with Crippen LogP contribution in [0.2, 0.25) is 0 Å². The SMILES string of the molecule is CCCCN(CC)c1ccc2c(c1)N(C)C(=O)C2N. The highest BCUT2D eigenvalue weighted by atomic mass is 16.2. The highest BCUT2D eigenvalue weighted by Crippen LogP contribution is 2.36. The summed E-state index contributed by atoms with van der Waals surface area (Å²) >= 11 is 0. The van der Waals surface area contributed by atoms with E-state index in [0.29, 0.717) is 0 Å². The molecule has 0 aromatic heterocycles. The number of carbonyl (C=O) groups is 1. The highest BCUT2D eigenvalue weighted by molar-refractivity contribution is 6.04. The van der Waals surface area contributed by atoms with Crippen molar-refractivity contribution in [2.75, 3.05) is 29.9 Å². The molecule has 1 aliphatic heterocycles. The molecular weight excluding hydrogens is 238 g/mol. The number of fused-ring (bicyclic) bond motifs is 1. The summed E-state index contributed by atoms with van der Waals surface area (Å²) in [5.74, 6) is -0.0243. The topological polar surface area (TPSA) is 49.6 Å². The van der Waals surface area contributed by atoms with Crippen LogP contribution in [0.4, 0.5) is 11.4 Å². The van der Waals surface area contributed by atoms with E-state index in [1.165, 1.54) is 18.5 Å². The van der Waals surface area contributed by atoms with E-state index in [1.807, 2.05) is 6.07 Å². The van der Waals surface area contributed by atoms with Crippen molar-refractivity contribution < 1.29 is 4.79 Å². The Labute approximate surface area is 115 Å². The van der Waals surface area contributed by atoms with E-state index >= 15 is 0 Å². The lowest BCUT2D eigenvalue weighted by molar-refractivity contribution is -0.118. The van der Waals surface area contributed by atoms with Crippen LogP contribution < -0.4 is 15.5 Å². The Bertz CT molecular complexity index is 472. The van der Waals surface area contributed by atoms with Crippen LogP contribution in [0, 0.1) is 0 Å². The first-order valence-corrected chi connectivity index (χ1v) is 7.02. The second-order valence-electron chi connectivity index (χ2n) is 5.05. The number of amides is 1. The number of hydrogen-bond acceptors (Lipinski definition) is 3. The average Bonchev–Trinajstić information content (AvgIpc) is 2.65. The minimum absolute atomic E-state index is 0.0243.